The van der Waals surface area contributed by atoms with Crippen LogP contribution in [0.5, 0.6) is 5.75 Å². The number of pyridine rings is 1. The number of halogens is 1. The standard InChI is InChI=1S/C12H16FN5O/c1-3-18-12(9(19-2)7-16-18)11(17-14)10-8(13)5-4-6-15-10/h4-7,11,17H,3,14H2,1-2H3. The molecule has 0 saturated carbocycles. The number of nitrogens with one attached hydrogen (secondary N) is 1. The minimum absolute atomic E-state index is 0.207. The number of nitrogens with zero attached hydrogens (tertiary/aromatic N) is 3. The average molecular weight is 265 g/mol. The maximum absolute atomic E-state index is 13.9. The Morgan fingerprint density at radius 3 is 2.95 bits per heavy atom. The Hall–Kier alpha value is -1.99. The Morgan fingerprint density at radius 1 is 1.58 bits per heavy atom. The van der Waals surface area contributed by atoms with Gasteiger partial charge in [-0.1, -0.05) is 0 Å². The van der Waals surface area contributed by atoms with Crippen molar-refractivity contribution in [1.29, 1.82) is 0 Å². The van der Waals surface area contributed by atoms with Crippen LogP contribution in [0.15, 0.2) is 24.5 Å². The number of aromatic nitrogens is 3. The highest BCUT2D eigenvalue weighted by atomic mass is 19.1. The van der Waals surface area contributed by atoms with Gasteiger partial charge >= 0.3 is 0 Å². The number of ether oxygens (including phenoxy) is 1. The fourth-order valence-corrected chi connectivity index (χ4v) is 1.98. The van der Waals surface area contributed by atoms with Gasteiger partial charge in [-0.3, -0.25) is 15.5 Å². The predicted octanol–water partition coefficient (Wildman–Crippen LogP) is 0.998. The first kappa shape index (κ1) is 13.4. The van der Waals surface area contributed by atoms with E-state index in [-0.39, 0.29) is 5.69 Å². The van der Waals surface area contributed by atoms with E-state index < -0.39 is 11.9 Å². The summed E-state index contributed by atoms with van der Waals surface area (Å²) in [6.07, 6.45) is 3.09. The molecule has 2 rings (SSSR count). The summed E-state index contributed by atoms with van der Waals surface area (Å²) < 4.78 is 20.8. The average Bonchev–Trinajstić information content (AvgIpc) is 2.85. The van der Waals surface area contributed by atoms with Gasteiger partial charge in [0.05, 0.1) is 13.3 Å². The van der Waals surface area contributed by atoms with E-state index in [9.17, 15) is 4.39 Å². The predicted molar refractivity (Wildman–Crippen MR) is 67.8 cm³/mol. The molecular formula is C12H16FN5O. The molecular weight excluding hydrogens is 249 g/mol. The highest BCUT2D eigenvalue weighted by molar-refractivity contribution is 5.34. The number of hydrogen-bond acceptors (Lipinski definition) is 5. The molecule has 0 radical (unpaired) electrons. The van der Waals surface area contributed by atoms with Crippen LogP contribution in [0, 0.1) is 5.82 Å². The molecule has 6 nitrogen and oxygen atoms in total. The summed E-state index contributed by atoms with van der Waals surface area (Å²) >= 11 is 0. The zero-order chi connectivity index (χ0) is 13.8. The van der Waals surface area contributed by atoms with Crippen molar-refractivity contribution in [3.8, 4) is 5.75 Å². The molecule has 0 aliphatic carbocycles. The van der Waals surface area contributed by atoms with Crippen LogP contribution in [0.4, 0.5) is 4.39 Å². The van der Waals surface area contributed by atoms with Gasteiger partial charge in [0.25, 0.3) is 0 Å². The Balaban J connectivity index is 2.54. The zero-order valence-corrected chi connectivity index (χ0v) is 10.8. The van der Waals surface area contributed by atoms with E-state index in [4.69, 9.17) is 10.6 Å². The molecule has 0 saturated heterocycles. The Labute approximate surface area is 110 Å². The topological polar surface area (TPSA) is 78.0 Å². The Bertz CT molecular complexity index is 535. The van der Waals surface area contributed by atoms with E-state index >= 15 is 0 Å². The van der Waals surface area contributed by atoms with Gasteiger partial charge in [-0.2, -0.15) is 5.10 Å². The summed E-state index contributed by atoms with van der Waals surface area (Å²) in [5, 5.41) is 4.18. The number of rotatable bonds is 5. The van der Waals surface area contributed by atoms with Gasteiger partial charge in [-0.15, -0.1) is 0 Å². The molecule has 2 heterocycles. The van der Waals surface area contributed by atoms with Crippen molar-refractivity contribution >= 4 is 0 Å². The second-order valence-corrected chi connectivity index (χ2v) is 3.88. The van der Waals surface area contributed by atoms with E-state index in [0.717, 1.165) is 0 Å². The van der Waals surface area contributed by atoms with Gasteiger partial charge in [0.2, 0.25) is 0 Å². The molecule has 1 atom stereocenters. The van der Waals surface area contributed by atoms with E-state index in [1.54, 1.807) is 10.9 Å². The smallest absolute Gasteiger partial charge is 0.162 e. The van der Waals surface area contributed by atoms with E-state index in [1.807, 2.05) is 6.92 Å². The van der Waals surface area contributed by atoms with Crippen molar-refractivity contribution in [2.75, 3.05) is 7.11 Å². The van der Waals surface area contributed by atoms with Crippen molar-refractivity contribution < 1.29 is 9.13 Å². The molecule has 3 N–H and O–H groups in total. The maximum Gasteiger partial charge on any atom is 0.162 e. The lowest BCUT2D eigenvalue weighted by molar-refractivity contribution is 0.396. The molecule has 2 aromatic heterocycles. The van der Waals surface area contributed by atoms with Crippen molar-refractivity contribution in [3.63, 3.8) is 0 Å². The number of hydrogen-bond donors (Lipinski definition) is 2. The quantitative estimate of drug-likeness (QED) is 0.623. The van der Waals surface area contributed by atoms with Gasteiger partial charge in [-0.25, -0.2) is 9.82 Å². The highest BCUT2D eigenvalue weighted by Gasteiger charge is 2.25. The molecule has 0 aliphatic heterocycles. The lowest BCUT2D eigenvalue weighted by Gasteiger charge is -2.18. The lowest BCUT2D eigenvalue weighted by atomic mass is 10.1. The molecule has 0 aromatic carbocycles. The highest BCUT2D eigenvalue weighted by Crippen LogP contribution is 2.29. The molecule has 7 heteroatoms. The molecule has 0 aliphatic rings. The lowest BCUT2D eigenvalue weighted by Crippen LogP contribution is -2.32. The van der Waals surface area contributed by atoms with E-state index in [1.165, 1.54) is 25.4 Å². The van der Waals surface area contributed by atoms with Crippen LogP contribution < -0.4 is 16.0 Å². The summed E-state index contributed by atoms with van der Waals surface area (Å²) in [6, 6.07) is 2.24. The van der Waals surface area contributed by atoms with Gasteiger partial charge in [0.15, 0.2) is 5.75 Å². The summed E-state index contributed by atoms with van der Waals surface area (Å²) in [4.78, 5) is 4.04. The molecule has 102 valence electrons. The van der Waals surface area contributed by atoms with Gasteiger partial charge in [-0.05, 0) is 19.1 Å². The molecule has 19 heavy (non-hydrogen) atoms. The molecule has 0 fully saturated rings. The normalized spacial score (nSPS) is 12.4. The Morgan fingerprint density at radius 2 is 2.37 bits per heavy atom. The first-order valence-electron chi connectivity index (χ1n) is 5.89. The van der Waals surface area contributed by atoms with Crippen LogP contribution in [0.2, 0.25) is 0 Å². The van der Waals surface area contributed by atoms with Crippen LogP contribution in [0.3, 0.4) is 0 Å². The first-order chi connectivity index (χ1) is 9.22. The van der Waals surface area contributed by atoms with Crippen LogP contribution >= 0.6 is 0 Å². The van der Waals surface area contributed by atoms with Crippen LogP contribution in [-0.4, -0.2) is 21.9 Å². The summed E-state index contributed by atoms with van der Waals surface area (Å²) in [5.41, 5.74) is 3.42. The fourth-order valence-electron chi connectivity index (χ4n) is 1.98. The SMILES string of the molecule is CCn1ncc(OC)c1C(NN)c1ncccc1F. The minimum atomic E-state index is -0.626. The van der Waals surface area contributed by atoms with Crippen LogP contribution in [-0.2, 0) is 6.54 Å². The third kappa shape index (κ3) is 2.42. The van der Waals surface area contributed by atoms with Gasteiger partial charge in [0, 0.05) is 12.7 Å². The van der Waals surface area contributed by atoms with Crippen LogP contribution in [0.25, 0.3) is 0 Å². The largest absolute Gasteiger partial charge is 0.493 e. The number of hydrazine groups is 1. The van der Waals surface area contributed by atoms with E-state index in [2.05, 4.69) is 15.5 Å². The number of aryl methyl sites for hydroxylation is 1. The third-order valence-electron chi connectivity index (χ3n) is 2.86. The number of methoxy groups -OCH3 is 1. The monoisotopic (exact) mass is 265 g/mol. The van der Waals surface area contributed by atoms with Gasteiger partial charge < -0.3 is 4.74 Å². The molecule has 0 spiro atoms. The fraction of sp³-hybridized carbons (Fsp3) is 0.333. The molecule has 1 unspecified atom stereocenters. The number of nitrogens with two attached hydrogens (primary N) is 1. The first-order valence-corrected chi connectivity index (χ1v) is 5.89. The molecule has 2 aromatic rings. The minimum Gasteiger partial charge on any atom is -0.493 e. The summed E-state index contributed by atoms with van der Waals surface area (Å²) in [7, 11) is 1.53. The van der Waals surface area contributed by atoms with E-state index in [0.29, 0.717) is 18.0 Å². The molecule has 0 bridgehead atoms. The summed E-state index contributed by atoms with van der Waals surface area (Å²) in [6.45, 7) is 2.55. The van der Waals surface area contributed by atoms with Crippen molar-refractivity contribution in [1.82, 2.24) is 20.2 Å². The Kier molecular flexibility index (Phi) is 4.08. The van der Waals surface area contributed by atoms with Crippen molar-refractivity contribution in [2.24, 2.45) is 5.84 Å². The van der Waals surface area contributed by atoms with Crippen LogP contribution in [0.1, 0.15) is 24.4 Å². The second kappa shape index (κ2) is 5.77. The molecule has 0 amide bonds. The summed E-state index contributed by atoms with van der Waals surface area (Å²) in [5.74, 6) is 5.66. The third-order valence-corrected chi connectivity index (χ3v) is 2.86. The van der Waals surface area contributed by atoms with Gasteiger partial charge in [0.1, 0.15) is 23.2 Å². The van der Waals surface area contributed by atoms with Crippen molar-refractivity contribution in [2.45, 2.75) is 19.5 Å². The maximum atomic E-state index is 13.9. The second-order valence-electron chi connectivity index (χ2n) is 3.88. The van der Waals surface area contributed by atoms with Crippen molar-refractivity contribution in [3.05, 3.63) is 41.7 Å². The zero-order valence-electron chi connectivity index (χ0n) is 10.8.